The highest BCUT2D eigenvalue weighted by molar-refractivity contribution is 5.10. The van der Waals surface area contributed by atoms with Crippen LogP contribution in [0.15, 0.2) is 0 Å². The molecule has 2 fully saturated rings. The minimum absolute atomic E-state index is 0.305. The van der Waals surface area contributed by atoms with Crippen molar-refractivity contribution in [2.45, 2.75) is 69.6 Å². The van der Waals surface area contributed by atoms with E-state index in [9.17, 15) is 5.26 Å². The maximum atomic E-state index is 9.47. The Bertz CT molecular complexity index is 341. The summed E-state index contributed by atoms with van der Waals surface area (Å²) >= 11 is 0. The molecule has 0 aromatic heterocycles. The Hall–Kier alpha value is -0.630. The lowest BCUT2D eigenvalue weighted by Crippen LogP contribution is -2.54. The predicted octanol–water partition coefficient (Wildman–Crippen LogP) is 2.30. The average molecular weight is 279 g/mol. The number of likely N-dealkylation sites (tertiary alicyclic amines) is 1. The molecule has 114 valence electrons. The number of hydrogen-bond acceptors (Lipinski definition) is 4. The van der Waals surface area contributed by atoms with Gasteiger partial charge in [0.15, 0.2) is 0 Å². The third-order valence-corrected chi connectivity index (χ3v) is 4.90. The summed E-state index contributed by atoms with van der Waals surface area (Å²) in [4.78, 5) is 2.58. The second-order valence-corrected chi connectivity index (χ2v) is 6.32. The summed E-state index contributed by atoms with van der Waals surface area (Å²) in [6.07, 6.45) is 8.24. The van der Waals surface area contributed by atoms with Gasteiger partial charge >= 0.3 is 0 Å². The molecule has 20 heavy (non-hydrogen) atoms. The number of nitriles is 1. The van der Waals surface area contributed by atoms with Gasteiger partial charge in [-0.3, -0.25) is 4.90 Å². The standard InChI is InChI=1S/C16H29N3O/c1-3-10-20-15-7-5-9-19(12-15)14-6-4-8-16(11-14,13-17)18-2/h14-15,18H,3-12H2,1-2H3. The van der Waals surface area contributed by atoms with Crippen LogP contribution < -0.4 is 5.32 Å². The highest BCUT2D eigenvalue weighted by atomic mass is 16.5. The minimum Gasteiger partial charge on any atom is -0.377 e. The van der Waals surface area contributed by atoms with Crippen LogP contribution in [0.1, 0.15) is 51.9 Å². The first-order valence-corrected chi connectivity index (χ1v) is 8.19. The van der Waals surface area contributed by atoms with Gasteiger partial charge in [0.1, 0.15) is 5.54 Å². The normalized spacial score (nSPS) is 35.6. The van der Waals surface area contributed by atoms with E-state index in [0.717, 1.165) is 38.8 Å². The summed E-state index contributed by atoms with van der Waals surface area (Å²) in [5.74, 6) is 0. The summed E-state index contributed by atoms with van der Waals surface area (Å²) in [7, 11) is 1.93. The van der Waals surface area contributed by atoms with Crippen molar-refractivity contribution in [3.63, 3.8) is 0 Å². The molecule has 4 nitrogen and oxygen atoms in total. The second-order valence-electron chi connectivity index (χ2n) is 6.32. The molecule has 0 aromatic rings. The second kappa shape index (κ2) is 7.40. The number of ether oxygens (including phenoxy) is 1. The van der Waals surface area contributed by atoms with Gasteiger partial charge < -0.3 is 10.1 Å². The average Bonchev–Trinajstić information content (AvgIpc) is 2.53. The molecule has 3 unspecified atom stereocenters. The van der Waals surface area contributed by atoms with Crippen LogP contribution in [-0.4, -0.2) is 49.3 Å². The van der Waals surface area contributed by atoms with Crippen LogP contribution in [0.25, 0.3) is 0 Å². The van der Waals surface area contributed by atoms with Crippen molar-refractivity contribution >= 4 is 0 Å². The summed E-state index contributed by atoms with van der Waals surface area (Å²) in [5.41, 5.74) is -0.305. The first-order chi connectivity index (χ1) is 9.73. The molecule has 1 aliphatic carbocycles. The predicted molar refractivity (Wildman–Crippen MR) is 80.5 cm³/mol. The van der Waals surface area contributed by atoms with Crippen molar-refractivity contribution < 1.29 is 4.74 Å². The molecule has 4 heteroatoms. The van der Waals surface area contributed by atoms with Crippen LogP contribution in [0.5, 0.6) is 0 Å². The zero-order chi connectivity index (χ0) is 14.4. The number of nitrogens with one attached hydrogen (secondary N) is 1. The van der Waals surface area contributed by atoms with E-state index in [4.69, 9.17) is 4.74 Å². The van der Waals surface area contributed by atoms with E-state index in [1.807, 2.05) is 7.05 Å². The van der Waals surface area contributed by atoms with E-state index < -0.39 is 0 Å². The molecule has 2 rings (SSSR count). The van der Waals surface area contributed by atoms with Gasteiger partial charge in [-0.05, 0) is 58.5 Å². The third-order valence-electron chi connectivity index (χ3n) is 4.90. The zero-order valence-electron chi connectivity index (χ0n) is 13.0. The Morgan fingerprint density at radius 3 is 2.95 bits per heavy atom. The quantitative estimate of drug-likeness (QED) is 0.839. The molecular formula is C16H29N3O. The van der Waals surface area contributed by atoms with Crippen LogP contribution in [0.3, 0.4) is 0 Å². The summed E-state index contributed by atoms with van der Waals surface area (Å²) < 4.78 is 5.94. The van der Waals surface area contributed by atoms with Crippen LogP contribution in [0.2, 0.25) is 0 Å². The van der Waals surface area contributed by atoms with Crippen molar-refractivity contribution in [3.8, 4) is 6.07 Å². The van der Waals surface area contributed by atoms with E-state index in [1.165, 1.54) is 25.8 Å². The van der Waals surface area contributed by atoms with Crippen LogP contribution in [-0.2, 0) is 4.74 Å². The number of rotatable bonds is 5. The van der Waals surface area contributed by atoms with Gasteiger partial charge in [0.25, 0.3) is 0 Å². The molecule has 0 aromatic carbocycles. The molecule has 1 aliphatic heterocycles. The highest BCUT2D eigenvalue weighted by Crippen LogP contribution is 2.32. The minimum atomic E-state index is -0.305. The Morgan fingerprint density at radius 1 is 1.40 bits per heavy atom. The maximum absolute atomic E-state index is 9.47. The van der Waals surface area contributed by atoms with Crippen molar-refractivity contribution in [3.05, 3.63) is 0 Å². The fourth-order valence-electron chi connectivity index (χ4n) is 3.66. The highest BCUT2D eigenvalue weighted by Gasteiger charge is 2.38. The van der Waals surface area contributed by atoms with Gasteiger partial charge in [-0.2, -0.15) is 5.26 Å². The lowest BCUT2D eigenvalue weighted by molar-refractivity contribution is -0.0210. The summed E-state index contributed by atoms with van der Waals surface area (Å²) in [6.45, 7) is 5.26. The molecule has 0 radical (unpaired) electrons. The van der Waals surface area contributed by atoms with Gasteiger partial charge in [-0.1, -0.05) is 6.92 Å². The number of hydrogen-bond donors (Lipinski definition) is 1. The Labute approximate surface area is 123 Å². The molecule has 0 spiro atoms. The lowest BCUT2D eigenvalue weighted by Gasteiger charge is -2.44. The summed E-state index contributed by atoms with van der Waals surface area (Å²) in [6, 6.07) is 3.06. The summed E-state index contributed by atoms with van der Waals surface area (Å²) in [5, 5.41) is 12.7. The lowest BCUT2D eigenvalue weighted by atomic mass is 9.79. The van der Waals surface area contributed by atoms with E-state index in [0.29, 0.717) is 12.1 Å². The number of piperidine rings is 1. The van der Waals surface area contributed by atoms with E-state index >= 15 is 0 Å². The van der Waals surface area contributed by atoms with Crippen LogP contribution in [0.4, 0.5) is 0 Å². The molecule has 1 N–H and O–H groups in total. The van der Waals surface area contributed by atoms with Crippen LogP contribution >= 0.6 is 0 Å². The van der Waals surface area contributed by atoms with Crippen molar-refractivity contribution in [2.24, 2.45) is 0 Å². The van der Waals surface area contributed by atoms with Gasteiger partial charge in [0.2, 0.25) is 0 Å². The molecule has 0 amide bonds. The third kappa shape index (κ3) is 3.72. The Balaban J connectivity index is 1.91. The van der Waals surface area contributed by atoms with Gasteiger partial charge in [-0.25, -0.2) is 0 Å². The van der Waals surface area contributed by atoms with E-state index in [1.54, 1.807) is 0 Å². The molecule has 3 atom stereocenters. The molecule has 2 aliphatic rings. The van der Waals surface area contributed by atoms with Gasteiger partial charge in [-0.15, -0.1) is 0 Å². The monoisotopic (exact) mass is 279 g/mol. The van der Waals surface area contributed by atoms with Gasteiger partial charge in [0.05, 0.1) is 12.2 Å². The van der Waals surface area contributed by atoms with Crippen molar-refractivity contribution in [1.82, 2.24) is 10.2 Å². The smallest absolute Gasteiger partial charge is 0.108 e. The van der Waals surface area contributed by atoms with Crippen LogP contribution in [0, 0.1) is 11.3 Å². The molecule has 1 saturated carbocycles. The largest absolute Gasteiger partial charge is 0.377 e. The topological polar surface area (TPSA) is 48.3 Å². The van der Waals surface area contributed by atoms with E-state index in [-0.39, 0.29) is 5.54 Å². The first kappa shape index (κ1) is 15.8. The fraction of sp³-hybridized carbons (Fsp3) is 0.938. The molecule has 1 saturated heterocycles. The molecular weight excluding hydrogens is 250 g/mol. The zero-order valence-corrected chi connectivity index (χ0v) is 13.0. The maximum Gasteiger partial charge on any atom is 0.108 e. The first-order valence-electron chi connectivity index (χ1n) is 8.19. The molecule has 1 heterocycles. The Morgan fingerprint density at radius 2 is 2.25 bits per heavy atom. The number of nitrogens with zero attached hydrogens (tertiary/aromatic N) is 2. The molecule has 0 bridgehead atoms. The Kier molecular flexibility index (Phi) is 5.83. The van der Waals surface area contributed by atoms with Crippen molar-refractivity contribution in [2.75, 3.05) is 26.7 Å². The SMILES string of the molecule is CCCOC1CCCN(C2CCCC(C#N)(NC)C2)C1. The van der Waals surface area contributed by atoms with E-state index in [2.05, 4.69) is 23.2 Å². The van der Waals surface area contributed by atoms with Gasteiger partial charge in [0, 0.05) is 19.2 Å². The fourth-order valence-corrected chi connectivity index (χ4v) is 3.66. The van der Waals surface area contributed by atoms with Crippen molar-refractivity contribution in [1.29, 1.82) is 5.26 Å².